The van der Waals surface area contributed by atoms with Crippen molar-refractivity contribution in [3.8, 4) is 0 Å². The van der Waals surface area contributed by atoms with Gasteiger partial charge in [-0.1, -0.05) is 45.4 Å². The summed E-state index contributed by atoms with van der Waals surface area (Å²) >= 11 is 0. The number of hydrogen-bond acceptors (Lipinski definition) is 5. The second-order valence-corrected chi connectivity index (χ2v) is 6.29. The number of carbonyl (C=O) groups is 3. The van der Waals surface area contributed by atoms with Gasteiger partial charge in [0.25, 0.3) is 0 Å². The SMILES string of the molecule is CCCCCCC(=O)[C@@H](O)[C@H](O)C(=O)CCCCCCCC(=O)O. The van der Waals surface area contributed by atoms with E-state index >= 15 is 0 Å². The van der Waals surface area contributed by atoms with Crippen molar-refractivity contribution in [1.82, 2.24) is 0 Å². The Kier molecular flexibility index (Phi) is 13.4. The third kappa shape index (κ3) is 11.3. The summed E-state index contributed by atoms with van der Waals surface area (Å²) in [6, 6.07) is 0. The monoisotopic (exact) mass is 344 g/mol. The highest BCUT2D eigenvalue weighted by molar-refractivity contribution is 5.92. The molecular weight excluding hydrogens is 312 g/mol. The quantitative estimate of drug-likeness (QED) is 0.371. The maximum absolute atomic E-state index is 11.8. The number of ketones is 2. The van der Waals surface area contributed by atoms with Crippen LogP contribution < -0.4 is 0 Å². The topological polar surface area (TPSA) is 112 Å². The molecule has 0 aromatic heterocycles. The summed E-state index contributed by atoms with van der Waals surface area (Å²) in [5.74, 6) is -1.78. The lowest BCUT2D eigenvalue weighted by molar-refractivity contribution is -0.143. The lowest BCUT2D eigenvalue weighted by Gasteiger charge is -2.15. The van der Waals surface area contributed by atoms with Gasteiger partial charge in [-0.05, 0) is 19.3 Å². The van der Waals surface area contributed by atoms with Gasteiger partial charge in [-0.2, -0.15) is 0 Å². The molecule has 0 heterocycles. The van der Waals surface area contributed by atoms with Crippen LogP contribution >= 0.6 is 0 Å². The first-order chi connectivity index (χ1) is 11.4. The van der Waals surface area contributed by atoms with Crippen LogP contribution in [0.1, 0.15) is 84.0 Å². The Morgan fingerprint density at radius 2 is 1.04 bits per heavy atom. The molecule has 0 aliphatic rings. The van der Waals surface area contributed by atoms with Crippen LogP contribution in [-0.2, 0) is 14.4 Å². The summed E-state index contributed by atoms with van der Waals surface area (Å²) in [5, 5.41) is 28.0. The van der Waals surface area contributed by atoms with Crippen molar-refractivity contribution in [2.75, 3.05) is 0 Å². The van der Waals surface area contributed by atoms with E-state index in [0.29, 0.717) is 19.3 Å². The minimum Gasteiger partial charge on any atom is -0.481 e. The molecule has 24 heavy (non-hydrogen) atoms. The number of carboxylic acid groups (broad SMARTS) is 1. The van der Waals surface area contributed by atoms with Crippen LogP contribution in [-0.4, -0.2) is 45.1 Å². The van der Waals surface area contributed by atoms with Crippen molar-refractivity contribution in [1.29, 1.82) is 0 Å². The van der Waals surface area contributed by atoms with Crippen molar-refractivity contribution in [2.24, 2.45) is 0 Å². The zero-order valence-corrected chi connectivity index (χ0v) is 14.7. The van der Waals surface area contributed by atoms with Gasteiger partial charge < -0.3 is 15.3 Å². The van der Waals surface area contributed by atoms with E-state index in [0.717, 1.165) is 38.5 Å². The van der Waals surface area contributed by atoms with Crippen molar-refractivity contribution < 1.29 is 29.7 Å². The first-order valence-electron chi connectivity index (χ1n) is 9.03. The number of hydrogen-bond donors (Lipinski definition) is 3. The van der Waals surface area contributed by atoms with Crippen LogP contribution in [0.2, 0.25) is 0 Å². The fourth-order valence-corrected chi connectivity index (χ4v) is 2.48. The number of carboxylic acids is 1. The van der Waals surface area contributed by atoms with E-state index < -0.39 is 29.7 Å². The lowest BCUT2D eigenvalue weighted by atomic mass is 9.98. The maximum Gasteiger partial charge on any atom is 0.303 e. The summed E-state index contributed by atoms with van der Waals surface area (Å²) in [6.45, 7) is 2.06. The lowest BCUT2D eigenvalue weighted by Crippen LogP contribution is -2.39. The Bertz CT molecular complexity index is 380. The first-order valence-corrected chi connectivity index (χ1v) is 9.03. The molecule has 0 rings (SSSR count). The minimum atomic E-state index is -1.63. The average molecular weight is 344 g/mol. The van der Waals surface area contributed by atoms with Gasteiger partial charge in [-0.3, -0.25) is 14.4 Å². The summed E-state index contributed by atoms with van der Waals surface area (Å²) in [7, 11) is 0. The van der Waals surface area contributed by atoms with E-state index in [1.54, 1.807) is 0 Å². The smallest absolute Gasteiger partial charge is 0.303 e. The van der Waals surface area contributed by atoms with Crippen molar-refractivity contribution >= 4 is 17.5 Å². The Hall–Kier alpha value is -1.27. The number of aliphatic hydroxyl groups excluding tert-OH is 2. The van der Waals surface area contributed by atoms with Crippen LogP contribution in [0.3, 0.4) is 0 Å². The largest absolute Gasteiger partial charge is 0.481 e. The van der Waals surface area contributed by atoms with Gasteiger partial charge in [-0.15, -0.1) is 0 Å². The van der Waals surface area contributed by atoms with Crippen molar-refractivity contribution in [3.05, 3.63) is 0 Å². The molecule has 0 spiro atoms. The molecule has 0 aromatic carbocycles. The molecule has 0 radical (unpaired) electrons. The van der Waals surface area contributed by atoms with Gasteiger partial charge in [0.05, 0.1) is 0 Å². The predicted molar refractivity (Wildman–Crippen MR) is 90.7 cm³/mol. The molecule has 0 unspecified atom stereocenters. The third-order valence-electron chi connectivity index (χ3n) is 4.05. The number of unbranched alkanes of at least 4 members (excludes halogenated alkanes) is 7. The molecule has 0 aliphatic heterocycles. The standard InChI is InChI=1S/C18H32O6/c1-2-3-4-8-11-14(19)17(23)18(24)15(20)12-9-6-5-7-10-13-16(21)22/h17-18,23-24H,2-13H2,1H3,(H,21,22)/t17-,18-/m1/s1. The molecule has 2 atom stereocenters. The van der Waals surface area contributed by atoms with Gasteiger partial charge in [0, 0.05) is 19.3 Å². The number of aliphatic hydroxyl groups is 2. The predicted octanol–water partition coefficient (Wildman–Crippen LogP) is 2.63. The summed E-state index contributed by atoms with van der Waals surface area (Å²) < 4.78 is 0. The summed E-state index contributed by atoms with van der Waals surface area (Å²) in [5.41, 5.74) is 0. The number of aliphatic carboxylic acids is 1. The second kappa shape index (κ2) is 14.1. The summed E-state index contributed by atoms with van der Waals surface area (Å²) in [4.78, 5) is 33.9. The fraction of sp³-hybridized carbons (Fsp3) is 0.833. The highest BCUT2D eigenvalue weighted by Crippen LogP contribution is 2.11. The molecule has 0 amide bonds. The van der Waals surface area contributed by atoms with E-state index in [4.69, 9.17) is 5.11 Å². The molecule has 0 bridgehead atoms. The zero-order chi connectivity index (χ0) is 18.4. The Labute approximate surface area is 144 Å². The van der Waals surface area contributed by atoms with Crippen LogP contribution in [0.25, 0.3) is 0 Å². The van der Waals surface area contributed by atoms with E-state index in [1.165, 1.54) is 0 Å². The van der Waals surface area contributed by atoms with Crippen molar-refractivity contribution in [3.63, 3.8) is 0 Å². The molecule has 0 aromatic rings. The van der Waals surface area contributed by atoms with Crippen LogP contribution in [0.4, 0.5) is 0 Å². The highest BCUT2D eigenvalue weighted by Gasteiger charge is 2.28. The minimum absolute atomic E-state index is 0.125. The highest BCUT2D eigenvalue weighted by atomic mass is 16.4. The molecule has 140 valence electrons. The van der Waals surface area contributed by atoms with E-state index in [9.17, 15) is 24.6 Å². The Morgan fingerprint density at radius 3 is 1.46 bits per heavy atom. The number of rotatable bonds is 16. The van der Waals surface area contributed by atoms with Crippen LogP contribution in [0, 0.1) is 0 Å². The third-order valence-corrected chi connectivity index (χ3v) is 4.05. The van der Waals surface area contributed by atoms with Gasteiger partial charge in [-0.25, -0.2) is 0 Å². The van der Waals surface area contributed by atoms with Crippen molar-refractivity contribution in [2.45, 2.75) is 96.2 Å². The van der Waals surface area contributed by atoms with E-state index in [2.05, 4.69) is 6.92 Å². The Balaban J connectivity index is 3.83. The second-order valence-electron chi connectivity index (χ2n) is 6.29. The fourth-order valence-electron chi connectivity index (χ4n) is 2.48. The van der Waals surface area contributed by atoms with Gasteiger partial charge in [0.1, 0.15) is 12.2 Å². The van der Waals surface area contributed by atoms with E-state index in [1.807, 2.05) is 0 Å². The van der Waals surface area contributed by atoms with Gasteiger partial charge >= 0.3 is 5.97 Å². The maximum atomic E-state index is 11.8. The molecule has 6 heteroatoms. The normalized spacial score (nSPS) is 13.5. The van der Waals surface area contributed by atoms with Gasteiger partial charge in [0.2, 0.25) is 0 Å². The molecule has 6 nitrogen and oxygen atoms in total. The first kappa shape index (κ1) is 22.7. The van der Waals surface area contributed by atoms with Crippen LogP contribution in [0.5, 0.6) is 0 Å². The summed E-state index contributed by atoms with van der Waals surface area (Å²) in [6.07, 6.45) is 4.45. The molecule has 0 saturated carbocycles. The van der Waals surface area contributed by atoms with Gasteiger partial charge in [0.15, 0.2) is 11.6 Å². The van der Waals surface area contributed by atoms with E-state index in [-0.39, 0.29) is 19.3 Å². The van der Waals surface area contributed by atoms with Crippen LogP contribution in [0.15, 0.2) is 0 Å². The number of Topliss-reactive ketones (excluding diaryl/α,β-unsaturated/α-hetero) is 2. The average Bonchev–Trinajstić information content (AvgIpc) is 2.55. The molecular formula is C18H32O6. The zero-order valence-electron chi connectivity index (χ0n) is 14.7. The molecule has 0 fully saturated rings. The molecule has 0 aliphatic carbocycles. The molecule has 3 N–H and O–H groups in total. The Morgan fingerprint density at radius 1 is 0.667 bits per heavy atom. The number of carbonyl (C=O) groups excluding carboxylic acids is 2. The molecule has 0 saturated heterocycles.